The third kappa shape index (κ3) is 3.09. The summed E-state index contributed by atoms with van der Waals surface area (Å²) in [5.41, 5.74) is 5.83. The molecule has 0 aromatic heterocycles. The number of sulfonamides is 1. The SMILES string of the molecule is CCC(O)c1cccc(S(=O)(=O)N2CCCC2C(N)=O)c1. The van der Waals surface area contributed by atoms with Gasteiger partial charge >= 0.3 is 0 Å². The summed E-state index contributed by atoms with van der Waals surface area (Å²) in [7, 11) is -3.78. The molecule has 1 aliphatic rings. The molecule has 6 nitrogen and oxygen atoms in total. The number of amides is 1. The largest absolute Gasteiger partial charge is 0.388 e. The molecule has 0 aliphatic carbocycles. The molecule has 0 bridgehead atoms. The summed E-state index contributed by atoms with van der Waals surface area (Å²) in [6, 6.07) is 5.42. The molecular weight excluding hydrogens is 292 g/mol. The Hall–Kier alpha value is -1.44. The van der Waals surface area contributed by atoms with Crippen LogP contribution in [-0.4, -0.2) is 36.3 Å². The molecule has 2 atom stereocenters. The second-order valence-corrected chi connectivity index (χ2v) is 7.06. The Morgan fingerprint density at radius 1 is 1.52 bits per heavy atom. The predicted octanol–water partition coefficient (Wildman–Crippen LogP) is 0.768. The van der Waals surface area contributed by atoms with Crippen LogP contribution in [0.5, 0.6) is 0 Å². The quantitative estimate of drug-likeness (QED) is 0.838. The summed E-state index contributed by atoms with van der Waals surface area (Å²) in [6.45, 7) is 2.10. The van der Waals surface area contributed by atoms with Crippen molar-refractivity contribution in [3.05, 3.63) is 29.8 Å². The van der Waals surface area contributed by atoms with E-state index in [1.165, 1.54) is 12.1 Å². The van der Waals surface area contributed by atoms with Crippen molar-refractivity contribution in [1.82, 2.24) is 4.31 Å². The molecule has 21 heavy (non-hydrogen) atoms. The van der Waals surface area contributed by atoms with Crippen molar-refractivity contribution in [1.29, 1.82) is 0 Å². The van der Waals surface area contributed by atoms with Crippen molar-refractivity contribution >= 4 is 15.9 Å². The number of hydrogen-bond donors (Lipinski definition) is 2. The number of nitrogens with zero attached hydrogens (tertiary/aromatic N) is 1. The Bertz CT molecular complexity index is 630. The molecule has 3 N–H and O–H groups in total. The van der Waals surface area contributed by atoms with Crippen LogP contribution in [0.15, 0.2) is 29.2 Å². The molecule has 7 heteroatoms. The first kappa shape index (κ1) is 15.9. The summed E-state index contributed by atoms with van der Waals surface area (Å²) in [4.78, 5) is 11.5. The van der Waals surface area contributed by atoms with Crippen LogP contribution in [0, 0.1) is 0 Å². The number of nitrogens with two attached hydrogens (primary N) is 1. The molecule has 1 aromatic carbocycles. The van der Waals surface area contributed by atoms with E-state index in [0.717, 1.165) is 4.31 Å². The highest BCUT2D eigenvalue weighted by Crippen LogP contribution is 2.27. The van der Waals surface area contributed by atoms with Gasteiger partial charge in [-0.15, -0.1) is 0 Å². The average molecular weight is 312 g/mol. The number of primary amides is 1. The molecular formula is C14H20N2O4S. The third-order valence-electron chi connectivity index (χ3n) is 3.77. The van der Waals surface area contributed by atoms with Gasteiger partial charge in [0.25, 0.3) is 0 Å². The van der Waals surface area contributed by atoms with Crippen molar-refractivity contribution < 1.29 is 18.3 Å². The Balaban J connectivity index is 2.38. The summed E-state index contributed by atoms with van der Waals surface area (Å²) in [6.07, 6.45) is 0.859. The van der Waals surface area contributed by atoms with Crippen LogP contribution < -0.4 is 5.73 Å². The lowest BCUT2D eigenvalue weighted by Crippen LogP contribution is -2.43. The number of carbonyl (C=O) groups is 1. The first-order valence-electron chi connectivity index (χ1n) is 6.97. The van der Waals surface area contributed by atoms with E-state index < -0.39 is 28.1 Å². The molecule has 1 heterocycles. The first-order valence-corrected chi connectivity index (χ1v) is 8.41. The average Bonchev–Trinajstić information content (AvgIpc) is 2.97. The fraction of sp³-hybridized carbons (Fsp3) is 0.500. The summed E-state index contributed by atoms with van der Waals surface area (Å²) >= 11 is 0. The monoisotopic (exact) mass is 312 g/mol. The van der Waals surface area contributed by atoms with E-state index in [2.05, 4.69) is 0 Å². The highest BCUT2D eigenvalue weighted by atomic mass is 32.2. The summed E-state index contributed by atoms with van der Waals surface area (Å²) in [5, 5.41) is 9.84. The highest BCUT2D eigenvalue weighted by Gasteiger charge is 2.38. The molecule has 2 unspecified atom stereocenters. The second-order valence-electron chi connectivity index (χ2n) is 5.17. The van der Waals surface area contributed by atoms with E-state index in [0.29, 0.717) is 24.8 Å². The van der Waals surface area contributed by atoms with E-state index in [1.807, 2.05) is 6.92 Å². The third-order valence-corrected chi connectivity index (χ3v) is 5.67. The maximum atomic E-state index is 12.6. The van der Waals surface area contributed by atoms with Gasteiger partial charge in [-0.2, -0.15) is 4.31 Å². The minimum Gasteiger partial charge on any atom is -0.388 e. The van der Waals surface area contributed by atoms with Gasteiger partial charge < -0.3 is 10.8 Å². The lowest BCUT2D eigenvalue weighted by atomic mass is 10.1. The second kappa shape index (κ2) is 6.13. The number of aliphatic hydroxyl groups excluding tert-OH is 1. The van der Waals surface area contributed by atoms with Crippen LogP contribution in [-0.2, 0) is 14.8 Å². The fourth-order valence-electron chi connectivity index (χ4n) is 2.57. The minimum atomic E-state index is -3.78. The van der Waals surface area contributed by atoms with Gasteiger partial charge in [0.1, 0.15) is 6.04 Å². The van der Waals surface area contributed by atoms with Gasteiger partial charge in [0.15, 0.2) is 0 Å². The van der Waals surface area contributed by atoms with Gasteiger partial charge in [-0.3, -0.25) is 4.79 Å². The maximum absolute atomic E-state index is 12.6. The molecule has 116 valence electrons. The lowest BCUT2D eigenvalue weighted by molar-refractivity contribution is -0.121. The highest BCUT2D eigenvalue weighted by molar-refractivity contribution is 7.89. The van der Waals surface area contributed by atoms with E-state index in [-0.39, 0.29) is 11.4 Å². The minimum absolute atomic E-state index is 0.0839. The van der Waals surface area contributed by atoms with E-state index >= 15 is 0 Å². The number of aliphatic hydroxyl groups is 1. The van der Waals surface area contributed by atoms with Crippen molar-refractivity contribution in [2.45, 2.75) is 43.2 Å². The number of benzene rings is 1. The Labute approximate surface area is 124 Å². The van der Waals surface area contributed by atoms with Crippen LogP contribution in [0.4, 0.5) is 0 Å². The molecule has 1 amide bonds. The van der Waals surface area contributed by atoms with Gasteiger partial charge in [0, 0.05) is 6.54 Å². The Morgan fingerprint density at radius 2 is 2.24 bits per heavy atom. The smallest absolute Gasteiger partial charge is 0.243 e. The number of hydrogen-bond acceptors (Lipinski definition) is 4. The van der Waals surface area contributed by atoms with Crippen LogP contribution in [0.25, 0.3) is 0 Å². The van der Waals surface area contributed by atoms with E-state index in [1.54, 1.807) is 12.1 Å². The Morgan fingerprint density at radius 3 is 2.86 bits per heavy atom. The molecule has 1 aromatic rings. The number of carbonyl (C=O) groups excluding carboxylic acids is 1. The van der Waals surface area contributed by atoms with Crippen LogP contribution >= 0.6 is 0 Å². The fourth-order valence-corrected chi connectivity index (χ4v) is 4.29. The van der Waals surface area contributed by atoms with Gasteiger partial charge in [0.2, 0.25) is 15.9 Å². The molecule has 1 fully saturated rings. The molecule has 2 rings (SSSR count). The maximum Gasteiger partial charge on any atom is 0.243 e. The van der Waals surface area contributed by atoms with Gasteiger partial charge in [-0.25, -0.2) is 8.42 Å². The van der Waals surface area contributed by atoms with Crippen LogP contribution in [0.1, 0.15) is 37.9 Å². The van der Waals surface area contributed by atoms with Crippen molar-refractivity contribution in [3.8, 4) is 0 Å². The van der Waals surface area contributed by atoms with Crippen LogP contribution in [0.2, 0.25) is 0 Å². The number of rotatable bonds is 5. The summed E-state index contributed by atoms with van der Waals surface area (Å²) in [5.74, 6) is -0.624. The van der Waals surface area contributed by atoms with E-state index in [9.17, 15) is 18.3 Å². The summed E-state index contributed by atoms with van der Waals surface area (Å²) < 4.78 is 26.5. The van der Waals surface area contributed by atoms with E-state index in [4.69, 9.17) is 5.73 Å². The van der Waals surface area contributed by atoms with Crippen molar-refractivity contribution in [3.63, 3.8) is 0 Å². The molecule has 0 spiro atoms. The van der Waals surface area contributed by atoms with Gasteiger partial charge in [-0.05, 0) is 37.0 Å². The van der Waals surface area contributed by atoms with Gasteiger partial charge in [0.05, 0.1) is 11.0 Å². The standard InChI is InChI=1S/C14H20N2O4S/c1-2-13(17)10-5-3-6-11(9-10)21(19,20)16-8-4-7-12(16)14(15)18/h3,5-6,9,12-13,17H,2,4,7-8H2,1H3,(H2,15,18). The zero-order valence-electron chi connectivity index (χ0n) is 11.9. The van der Waals surface area contributed by atoms with Crippen molar-refractivity contribution in [2.75, 3.05) is 6.54 Å². The normalized spacial score (nSPS) is 21.3. The molecule has 0 radical (unpaired) electrons. The van der Waals surface area contributed by atoms with Crippen molar-refractivity contribution in [2.24, 2.45) is 5.73 Å². The topological polar surface area (TPSA) is 101 Å². The lowest BCUT2D eigenvalue weighted by Gasteiger charge is -2.22. The first-order chi connectivity index (χ1) is 9.87. The zero-order chi connectivity index (χ0) is 15.6. The zero-order valence-corrected chi connectivity index (χ0v) is 12.7. The predicted molar refractivity (Wildman–Crippen MR) is 77.8 cm³/mol. The molecule has 0 saturated carbocycles. The molecule has 1 aliphatic heterocycles. The van der Waals surface area contributed by atoms with Gasteiger partial charge in [-0.1, -0.05) is 19.1 Å². The Kier molecular flexibility index (Phi) is 4.65. The molecule has 1 saturated heterocycles. The van der Waals surface area contributed by atoms with Crippen LogP contribution in [0.3, 0.4) is 0 Å².